The number of rotatable bonds is 5. The molecular weight excluding hydrogens is 468 g/mol. The van der Waals surface area contributed by atoms with Crippen molar-refractivity contribution in [1.29, 1.82) is 0 Å². The van der Waals surface area contributed by atoms with Crippen LogP contribution in [0.1, 0.15) is 5.56 Å². The Hall–Kier alpha value is -3.09. The van der Waals surface area contributed by atoms with Crippen LogP contribution in [0.5, 0.6) is 5.75 Å². The zero-order valence-corrected chi connectivity index (χ0v) is 18.2. The zero-order valence-electron chi connectivity index (χ0n) is 15.9. The molecule has 0 unspecified atom stereocenters. The molecule has 3 aromatic carbocycles. The molecule has 0 saturated heterocycles. The predicted molar refractivity (Wildman–Crippen MR) is 123 cm³/mol. The third-order valence-electron chi connectivity index (χ3n) is 4.37. The molecule has 1 aromatic heterocycles. The van der Waals surface area contributed by atoms with Crippen molar-refractivity contribution >= 4 is 56.3 Å². The van der Waals surface area contributed by atoms with E-state index in [1.54, 1.807) is 37.5 Å². The summed E-state index contributed by atoms with van der Waals surface area (Å²) in [6.45, 7) is 0. The third kappa shape index (κ3) is 4.40. The number of benzene rings is 3. The molecule has 150 valence electrons. The summed E-state index contributed by atoms with van der Waals surface area (Å²) in [4.78, 5) is 17.0. The van der Waals surface area contributed by atoms with Gasteiger partial charge in [-0.05, 0) is 70.0 Å². The molecule has 4 rings (SSSR count). The highest BCUT2D eigenvalue weighted by Gasteiger charge is 2.13. The first-order valence-corrected chi connectivity index (χ1v) is 10.2. The summed E-state index contributed by atoms with van der Waals surface area (Å²) in [7, 11) is 1.60. The van der Waals surface area contributed by atoms with E-state index in [1.807, 2.05) is 36.4 Å². The van der Waals surface area contributed by atoms with Gasteiger partial charge in [-0.15, -0.1) is 0 Å². The van der Waals surface area contributed by atoms with Crippen molar-refractivity contribution in [2.45, 2.75) is 0 Å². The summed E-state index contributed by atoms with van der Waals surface area (Å²) in [6.07, 6.45) is 3.19. The van der Waals surface area contributed by atoms with E-state index in [-0.39, 0.29) is 5.91 Å². The van der Waals surface area contributed by atoms with Gasteiger partial charge in [0.1, 0.15) is 11.3 Å². The van der Waals surface area contributed by atoms with Gasteiger partial charge in [0.2, 0.25) is 11.8 Å². The number of hydrogen-bond acceptors (Lipinski definition) is 4. The molecule has 0 bridgehead atoms. The van der Waals surface area contributed by atoms with Gasteiger partial charge in [0, 0.05) is 11.1 Å². The lowest BCUT2D eigenvalue weighted by atomic mass is 10.1. The van der Waals surface area contributed by atoms with E-state index < -0.39 is 0 Å². The van der Waals surface area contributed by atoms with Crippen LogP contribution in [-0.4, -0.2) is 18.0 Å². The SMILES string of the molecule is COc1ccc(C=CC(=O)Nc2ccccc2-c2nc3cc(Cl)ccc3o2)cc1Br. The van der Waals surface area contributed by atoms with E-state index in [4.69, 9.17) is 20.8 Å². The number of oxazole rings is 1. The highest BCUT2D eigenvalue weighted by molar-refractivity contribution is 9.10. The van der Waals surface area contributed by atoms with Gasteiger partial charge < -0.3 is 14.5 Å². The van der Waals surface area contributed by atoms with Crippen LogP contribution in [0.3, 0.4) is 0 Å². The molecule has 1 heterocycles. The van der Waals surface area contributed by atoms with Gasteiger partial charge in [-0.25, -0.2) is 4.98 Å². The Kier molecular flexibility index (Phi) is 5.88. The van der Waals surface area contributed by atoms with Crippen LogP contribution in [0, 0.1) is 0 Å². The number of carbonyl (C=O) groups excluding carboxylic acids is 1. The van der Waals surface area contributed by atoms with Crippen molar-refractivity contribution < 1.29 is 13.9 Å². The Labute approximate surface area is 186 Å². The van der Waals surface area contributed by atoms with Gasteiger partial charge in [-0.2, -0.15) is 0 Å². The molecule has 0 aliphatic rings. The van der Waals surface area contributed by atoms with Crippen LogP contribution >= 0.6 is 27.5 Å². The summed E-state index contributed by atoms with van der Waals surface area (Å²) in [6, 6.07) is 18.2. The van der Waals surface area contributed by atoms with E-state index in [1.165, 1.54) is 6.08 Å². The lowest BCUT2D eigenvalue weighted by Gasteiger charge is -2.07. The predicted octanol–water partition coefficient (Wildman–Crippen LogP) is 6.57. The number of fused-ring (bicyclic) bond motifs is 1. The Morgan fingerprint density at radius 1 is 1.17 bits per heavy atom. The number of nitrogens with zero attached hydrogens (tertiary/aromatic N) is 1. The van der Waals surface area contributed by atoms with Crippen molar-refractivity contribution in [2.75, 3.05) is 12.4 Å². The van der Waals surface area contributed by atoms with Crippen molar-refractivity contribution in [1.82, 2.24) is 4.98 Å². The van der Waals surface area contributed by atoms with Gasteiger partial charge in [-0.3, -0.25) is 4.79 Å². The lowest BCUT2D eigenvalue weighted by molar-refractivity contribution is -0.111. The molecule has 1 amide bonds. The van der Waals surface area contributed by atoms with Gasteiger partial charge in [0.15, 0.2) is 5.58 Å². The van der Waals surface area contributed by atoms with E-state index in [0.29, 0.717) is 33.3 Å². The summed E-state index contributed by atoms with van der Waals surface area (Å²) in [5.74, 6) is 0.866. The lowest BCUT2D eigenvalue weighted by Crippen LogP contribution is -2.08. The average molecular weight is 484 g/mol. The average Bonchev–Trinajstić information content (AvgIpc) is 3.15. The highest BCUT2D eigenvalue weighted by atomic mass is 79.9. The number of anilines is 1. The maximum absolute atomic E-state index is 12.5. The molecule has 5 nitrogen and oxygen atoms in total. The van der Waals surface area contributed by atoms with Crippen LogP contribution in [0.15, 0.2) is 75.6 Å². The number of hydrogen-bond donors (Lipinski definition) is 1. The molecular formula is C23H16BrClN2O3. The fraction of sp³-hybridized carbons (Fsp3) is 0.0435. The van der Waals surface area contributed by atoms with E-state index in [0.717, 1.165) is 15.8 Å². The number of carbonyl (C=O) groups is 1. The number of para-hydroxylation sites is 1. The molecule has 4 aromatic rings. The van der Waals surface area contributed by atoms with Gasteiger partial charge in [0.25, 0.3) is 0 Å². The van der Waals surface area contributed by atoms with Crippen molar-refractivity contribution in [2.24, 2.45) is 0 Å². The van der Waals surface area contributed by atoms with Crippen LogP contribution < -0.4 is 10.1 Å². The van der Waals surface area contributed by atoms with Gasteiger partial charge >= 0.3 is 0 Å². The van der Waals surface area contributed by atoms with E-state index >= 15 is 0 Å². The second-order valence-electron chi connectivity index (χ2n) is 6.39. The number of nitrogens with one attached hydrogen (secondary N) is 1. The first-order chi connectivity index (χ1) is 14.5. The van der Waals surface area contributed by atoms with Crippen molar-refractivity contribution in [3.63, 3.8) is 0 Å². The van der Waals surface area contributed by atoms with Crippen LogP contribution in [-0.2, 0) is 4.79 Å². The minimum Gasteiger partial charge on any atom is -0.496 e. The second-order valence-corrected chi connectivity index (χ2v) is 7.68. The Bertz CT molecular complexity index is 1270. The van der Waals surface area contributed by atoms with Crippen LogP contribution in [0.2, 0.25) is 5.02 Å². The molecule has 1 N–H and O–H groups in total. The Morgan fingerprint density at radius 2 is 2.00 bits per heavy atom. The first kappa shape index (κ1) is 20.2. The maximum Gasteiger partial charge on any atom is 0.248 e. The summed E-state index contributed by atoms with van der Waals surface area (Å²) in [5, 5.41) is 3.47. The molecule has 0 saturated carbocycles. The fourth-order valence-electron chi connectivity index (χ4n) is 2.93. The van der Waals surface area contributed by atoms with Gasteiger partial charge in [-0.1, -0.05) is 29.8 Å². The van der Waals surface area contributed by atoms with E-state index in [2.05, 4.69) is 26.2 Å². The third-order valence-corrected chi connectivity index (χ3v) is 5.22. The largest absolute Gasteiger partial charge is 0.496 e. The number of ether oxygens (including phenoxy) is 1. The molecule has 30 heavy (non-hydrogen) atoms. The number of aromatic nitrogens is 1. The molecule has 7 heteroatoms. The Morgan fingerprint density at radius 3 is 2.80 bits per heavy atom. The van der Waals surface area contributed by atoms with Crippen molar-refractivity contribution in [3.05, 3.63) is 81.8 Å². The minimum absolute atomic E-state index is 0.270. The molecule has 0 radical (unpaired) electrons. The van der Waals surface area contributed by atoms with E-state index in [9.17, 15) is 4.79 Å². The number of halogens is 2. The maximum atomic E-state index is 12.5. The monoisotopic (exact) mass is 482 g/mol. The molecule has 0 spiro atoms. The molecule has 0 aliphatic carbocycles. The second kappa shape index (κ2) is 8.73. The highest BCUT2D eigenvalue weighted by Crippen LogP contribution is 2.31. The first-order valence-electron chi connectivity index (χ1n) is 9.01. The number of methoxy groups -OCH3 is 1. The molecule has 0 fully saturated rings. The topological polar surface area (TPSA) is 64.4 Å². The fourth-order valence-corrected chi connectivity index (χ4v) is 3.65. The normalized spacial score (nSPS) is 11.2. The van der Waals surface area contributed by atoms with Crippen molar-refractivity contribution in [3.8, 4) is 17.2 Å². The van der Waals surface area contributed by atoms with Crippen LogP contribution in [0.25, 0.3) is 28.6 Å². The zero-order chi connectivity index (χ0) is 21.1. The van der Waals surface area contributed by atoms with Crippen LogP contribution in [0.4, 0.5) is 5.69 Å². The summed E-state index contributed by atoms with van der Waals surface area (Å²) >= 11 is 9.47. The molecule has 0 atom stereocenters. The van der Waals surface area contributed by atoms with Gasteiger partial charge in [0.05, 0.1) is 22.8 Å². The number of amides is 1. The summed E-state index contributed by atoms with van der Waals surface area (Å²) in [5.41, 5.74) is 3.42. The smallest absolute Gasteiger partial charge is 0.248 e. The quantitative estimate of drug-likeness (QED) is 0.326. The summed E-state index contributed by atoms with van der Waals surface area (Å²) < 4.78 is 11.9. The Balaban J connectivity index is 1.56. The minimum atomic E-state index is -0.270. The standard InChI is InChI=1S/C23H16BrClN2O3/c1-29-20-9-6-14(12-17(20)24)7-11-22(28)26-18-5-3-2-4-16(18)23-27-19-13-15(25)8-10-21(19)30-23/h2-13H,1H3,(H,26,28). The molecule has 0 aliphatic heterocycles.